The predicted molar refractivity (Wildman–Crippen MR) is 122 cm³/mol. The highest BCUT2D eigenvalue weighted by Gasteiger charge is 2.06. The van der Waals surface area contributed by atoms with Crippen LogP contribution in [0.25, 0.3) is 16.6 Å². The van der Waals surface area contributed by atoms with Gasteiger partial charge in [0.15, 0.2) is 11.6 Å². The summed E-state index contributed by atoms with van der Waals surface area (Å²) in [5.41, 5.74) is 3.05. The van der Waals surface area contributed by atoms with E-state index in [9.17, 15) is 0 Å². The van der Waals surface area contributed by atoms with E-state index in [-0.39, 0.29) is 24.0 Å². The minimum atomic E-state index is 0. The van der Waals surface area contributed by atoms with Crippen LogP contribution >= 0.6 is 24.0 Å². The minimum absolute atomic E-state index is 0. The second-order valence-corrected chi connectivity index (χ2v) is 6.13. The minimum Gasteiger partial charge on any atom is -0.356 e. The molecule has 3 heterocycles. The van der Waals surface area contributed by atoms with Crippen LogP contribution in [0, 0.1) is 0 Å². The Balaban J connectivity index is 0.00000225. The van der Waals surface area contributed by atoms with E-state index in [4.69, 9.17) is 0 Å². The Morgan fingerprint density at radius 2 is 1.89 bits per heavy atom. The lowest BCUT2D eigenvalue weighted by Gasteiger charge is -2.12. The van der Waals surface area contributed by atoms with Gasteiger partial charge in [0.1, 0.15) is 5.82 Å². The third-order valence-corrected chi connectivity index (χ3v) is 4.43. The second kappa shape index (κ2) is 9.45. The van der Waals surface area contributed by atoms with Crippen molar-refractivity contribution in [2.45, 2.75) is 13.0 Å². The number of benzene rings is 1. The number of rotatable bonds is 5. The van der Waals surface area contributed by atoms with Crippen molar-refractivity contribution in [2.24, 2.45) is 4.99 Å². The van der Waals surface area contributed by atoms with E-state index in [2.05, 4.69) is 36.9 Å². The van der Waals surface area contributed by atoms with Crippen LogP contribution in [-0.4, -0.2) is 39.1 Å². The summed E-state index contributed by atoms with van der Waals surface area (Å²) < 4.78 is 2.00. The molecule has 0 saturated heterocycles. The average molecular weight is 487 g/mol. The Morgan fingerprint density at radius 1 is 1.04 bits per heavy atom. The molecule has 0 amide bonds. The third kappa shape index (κ3) is 4.38. The van der Waals surface area contributed by atoms with E-state index in [1.807, 2.05) is 59.3 Å². The largest absolute Gasteiger partial charge is 0.356 e. The fourth-order valence-electron chi connectivity index (χ4n) is 3.06. The Kier molecular flexibility index (Phi) is 6.75. The smallest absolute Gasteiger partial charge is 0.191 e. The maximum atomic E-state index is 4.40. The van der Waals surface area contributed by atoms with Crippen molar-refractivity contribution in [2.75, 3.05) is 13.6 Å². The molecule has 0 atom stereocenters. The van der Waals surface area contributed by atoms with Crippen molar-refractivity contribution in [1.82, 2.24) is 30.2 Å². The molecule has 8 heteroatoms. The van der Waals surface area contributed by atoms with E-state index in [1.54, 1.807) is 7.05 Å². The van der Waals surface area contributed by atoms with E-state index >= 15 is 0 Å². The number of aromatic nitrogens is 4. The third-order valence-electron chi connectivity index (χ3n) is 4.43. The number of pyridine rings is 2. The van der Waals surface area contributed by atoms with Gasteiger partial charge < -0.3 is 10.6 Å². The summed E-state index contributed by atoms with van der Waals surface area (Å²) in [7, 11) is 1.77. The lowest BCUT2D eigenvalue weighted by molar-refractivity contribution is 0.762. The van der Waals surface area contributed by atoms with Crippen molar-refractivity contribution >= 4 is 46.5 Å². The lowest BCUT2D eigenvalue weighted by Crippen LogP contribution is -2.38. The summed E-state index contributed by atoms with van der Waals surface area (Å²) in [6, 6.07) is 16.1. The molecule has 1 aromatic carbocycles. The monoisotopic (exact) mass is 487 g/mol. The Bertz CT molecular complexity index is 1080. The molecule has 0 fully saturated rings. The van der Waals surface area contributed by atoms with Crippen LogP contribution in [-0.2, 0) is 13.0 Å². The maximum Gasteiger partial charge on any atom is 0.191 e. The molecule has 4 rings (SSSR count). The first-order valence-corrected chi connectivity index (χ1v) is 8.91. The number of guanidine groups is 1. The maximum absolute atomic E-state index is 4.40. The van der Waals surface area contributed by atoms with Crippen LogP contribution in [0.15, 0.2) is 65.9 Å². The number of para-hydroxylation sites is 1. The molecule has 0 spiro atoms. The van der Waals surface area contributed by atoms with Crippen LogP contribution < -0.4 is 10.6 Å². The quantitative estimate of drug-likeness (QED) is 0.257. The highest BCUT2D eigenvalue weighted by molar-refractivity contribution is 14.0. The first-order chi connectivity index (χ1) is 13.3. The summed E-state index contributed by atoms with van der Waals surface area (Å²) in [5, 5.41) is 16.3. The molecule has 28 heavy (non-hydrogen) atoms. The Morgan fingerprint density at radius 3 is 2.79 bits per heavy atom. The highest BCUT2D eigenvalue weighted by atomic mass is 127. The standard InChI is InChI=1S/C20H21N7.HI/c1-21-20(23-12-10-19-26-25-18-8-4-5-13-27(18)19)24-14-15-9-11-22-17-7-3-2-6-16(15)17;/h2-9,11,13H,10,12,14H2,1H3,(H2,21,23,24);1H. The van der Waals surface area contributed by atoms with Crippen LogP contribution in [0.4, 0.5) is 0 Å². The van der Waals surface area contributed by atoms with Gasteiger partial charge in [0.25, 0.3) is 0 Å². The fourth-order valence-corrected chi connectivity index (χ4v) is 3.06. The lowest BCUT2D eigenvalue weighted by atomic mass is 10.1. The van der Waals surface area contributed by atoms with Gasteiger partial charge >= 0.3 is 0 Å². The first-order valence-electron chi connectivity index (χ1n) is 8.91. The van der Waals surface area contributed by atoms with Crippen molar-refractivity contribution < 1.29 is 0 Å². The van der Waals surface area contributed by atoms with E-state index < -0.39 is 0 Å². The van der Waals surface area contributed by atoms with Gasteiger partial charge in [-0.1, -0.05) is 24.3 Å². The number of halogens is 1. The number of fused-ring (bicyclic) bond motifs is 2. The highest BCUT2D eigenvalue weighted by Crippen LogP contribution is 2.15. The van der Waals surface area contributed by atoms with Gasteiger partial charge in [-0.15, -0.1) is 34.2 Å². The molecule has 0 saturated carbocycles. The predicted octanol–water partition coefficient (Wildman–Crippen LogP) is 2.80. The topological polar surface area (TPSA) is 79.5 Å². The molecule has 0 bridgehead atoms. The summed E-state index contributed by atoms with van der Waals surface area (Å²) in [6.45, 7) is 1.39. The zero-order valence-electron chi connectivity index (χ0n) is 15.5. The van der Waals surface area contributed by atoms with Gasteiger partial charge in [0, 0.05) is 44.3 Å². The van der Waals surface area contributed by atoms with Gasteiger partial charge in [0.05, 0.1) is 5.52 Å². The SMILES string of the molecule is CN=C(NCCc1nnc2ccccn12)NCc1ccnc2ccccc12.I. The van der Waals surface area contributed by atoms with Crippen LogP contribution in [0.5, 0.6) is 0 Å². The number of hydrogen-bond donors (Lipinski definition) is 2. The molecule has 0 aliphatic rings. The summed E-state index contributed by atoms with van der Waals surface area (Å²) >= 11 is 0. The van der Waals surface area contributed by atoms with Crippen molar-refractivity contribution in [1.29, 1.82) is 0 Å². The molecule has 0 unspecified atom stereocenters. The van der Waals surface area contributed by atoms with Crippen LogP contribution in [0.3, 0.4) is 0 Å². The van der Waals surface area contributed by atoms with Crippen LogP contribution in [0.2, 0.25) is 0 Å². The van der Waals surface area contributed by atoms with E-state index in [0.29, 0.717) is 13.1 Å². The van der Waals surface area contributed by atoms with E-state index in [1.165, 1.54) is 5.56 Å². The number of hydrogen-bond acceptors (Lipinski definition) is 4. The normalized spacial score (nSPS) is 11.4. The molecule has 0 aliphatic heterocycles. The number of nitrogens with zero attached hydrogens (tertiary/aromatic N) is 5. The Hall–Kier alpha value is -2.75. The van der Waals surface area contributed by atoms with Gasteiger partial charge in [-0.3, -0.25) is 14.4 Å². The summed E-state index contributed by atoms with van der Waals surface area (Å²) in [6.07, 6.45) is 4.57. The molecule has 0 aliphatic carbocycles. The molecule has 3 aromatic heterocycles. The number of nitrogens with one attached hydrogen (secondary N) is 2. The van der Waals surface area contributed by atoms with Gasteiger partial charge in [-0.2, -0.15) is 0 Å². The number of aliphatic imine (C=N–C) groups is 1. The fraction of sp³-hybridized carbons (Fsp3) is 0.200. The van der Waals surface area contributed by atoms with Gasteiger partial charge in [-0.25, -0.2) is 0 Å². The Labute approximate surface area is 180 Å². The molecule has 144 valence electrons. The second-order valence-electron chi connectivity index (χ2n) is 6.13. The summed E-state index contributed by atoms with van der Waals surface area (Å²) in [5.74, 6) is 1.68. The molecule has 4 aromatic rings. The van der Waals surface area contributed by atoms with E-state index in [0.717, 1.165) is 34.8 Å². The summed E-state index contributed by atoms with van der Waals surface area (Å²) in [4.78, 5) is 8.70. The molecule has 2 N–H and O–H groups in total. The van der Waals surface area contributed by atoms with Crippen molar-refractivity contribution in [3.05, 3.63) is 72.3 Å². The van der Waals surface area contributed by atoms with Gasteiger partial charge in [-0.05, 0) is 29.8 Å². The first kappa shape index (κ1) is 20.0. The van der Waals surface area contributed by atoms with Crippen LogP contribution in [0.1, 0.15) is 11.4 Å². The molecule has 0 radical (unpaired) electrons. The zero-order chi connectivity index (χ0) is 18.5. The van der Waals surface area contributed by atoms with Crippen molar-refractivity contribution in [3.8, 4) is 0 Å². The zero-order valence-corrected chi connectivity index (χ0v) is 17.9. The molecular weight excluding hydrogens is 465 g/mol. The molecule has 7 nitrogen and oxygen atoms in total. The average Bonchev–Trinajstić information content (AvgIpc) is 3.13. The van der Waals surface area contributed by atoms with Crippen molar-refractivity contribution in [3.63, 3.8) is 0 Å². The molecular formula is C20H22IN7. The van der Waals surface area contributed by atoms with Gasteiger partial charge in [0.2, 0.25) is 0 Å².